The van der Waals surface area contributed by atoms with Crippen molar-refractivity contribution >= 4 is 11.1 Å². The molecule has 0 heterocycles. The van der Waals surface area contributed by atoms with Crippen molar-refractivity contribution in [1.82, 2.24) is 0 Å². The van der Waals surface area contributed by atoms with Crippen molar-refractivity contribution in [2.75, 3.05) is 0 Å². The zero-order chi connectivity index (χ0) is 13.9. The number of aryl methyl sites for hydroxylation is 1. The molecule has 0 atom stereocenters. The number of hydrogen-bond donors (Lipinski definition) is 1. The van der Waals surface area contributed by atoms with Gasteiger partial charge in [0.15, 0.2) is 0 Å². The van der Waals surface area contributed by atoms with E-state index in [0.29, 0.717) is 6.42 Å². The van der Waals surface area contributed by atoms with Crippen molar-refractivity contribution < 1.29 is 5.11 Å². The maximum absolute atomic E-state index is 9.46. The lowest BCUT2D eigenvalue weighted by Crippen LogP contribution is -1.95. The van der Waals surface area contributed by atoms with Crippen molar-refractivity contribution in [2.24, 2.45) is 0 Å². The van der Waals surface area contributed by atoms with Gasteiger partial charge < -0.3 is 5.11 Å². The molecule has 0 amide bonds. The normalized spacial score (nSPS) is 10.0. The van der Waals surface area contributed by atoms with E-state index in [1.165, 1.54) is 16.7 Å². The summed E-state index contributed by atoms with van der Waals surface area (Å²) in [5, 5.41) is 9.46. The van der Waals surface area contributed by atoms with Crippen LogP contribution in [0.2, 0.25) is 0 Å². The van der Waals surface area contributed by atoms with Crippen molar-refractivity contribution in [3.63, 3.8) is 0 Å². The van der Waals surface area contributed by atoms with Crippen LogP contribution in [0.4, 0.5) is 0 Å². The second-order valence-corrected chi connectivity index (χ2v) is 5.03. The van der Waals surface area contributed by atoms with Crippen LogP contribution in [0.5, 0.6) is 0 Å². The highest BCUT2D eigenvalue weighted by Gasteiger charge is 2.09. The third-order valence-electron chi connectivity index (χ3n) is 3.04. The zero-order valence-corrected chi connectivity index (χ0v) is 11.8. The van der Waals surface area contributed by atoms with Crippen LogP contribution in [0.1, 0.15) is 43.9 Å². The van der Waals surface area contributed by atoms with Gasteiger partial charge in [-0.1, -0.05) is 36.4 Å². The minimum atomic E-state index is 0.200. The molecule has 18 heavy (non-hydrogen) atoms. The molecular weight excluding hydrogens is 220 g/mol. The smallest absolute Gasteiger partial charge is 0.0895 e. The fourth-order valence-corrected chi connectivity index (χ4v) is 1.96. The fourth-order valence-electron chi connectivity index (χ4n) is 1.96. The van der Waals surface area contributed by atoms with E-state index in [9.17, 15) is 5.11 Å². The third-order valence-corrected chi connectivity index (χ3v) is 3.04. The Kier molecular flexibility index (Phi) is 4.55. The van der Waals surface area contributed by atoms with E-state index in [1.807, 2.05) is 6.92 Å². The molecule has 1 nitrogen and oxygen atoms in total. The molecule has 0 aromatic heterocycles. The Labute approximate surface area is 110 Å². The SMILES string of the molecule is C=C(O)CC(=C(C)C)c1cc(C(=C)C)ccc1C. The molecule has 0 saturated carbocycles. The highest BCUT2D eigenvalue weighted by Crippen LogP contribution is 2.29. The fraction of sp³-hybridized carbons (Fsp3) is 0.294. The van der Waals surface area contributed by atoms with E-state index in [1.54, 1.807) is 0 Å². The maximum atomic E-state index is 9.46. The van der Waals surface area contributed by atoms with Gasteiger partial charge in [-0.2, -0.15) is 0 Å². The Hall–Kier alpha value is -1.76. The first-order valence-corrected chi connectivity index (χ1v) is 6.13. The molecule has 0 bridgehead atoms. The van der Waals surface area contributed by atoms with Gasteiger partial charge in [-0.15, -0.1) is 0 Å². The lowest BCUT2D eigenvalue weighted by Gasteiger charge is -2.14. The summed E-state index contributed by atoms with van der Waals surface area (Å²) in [6.45, 7) is 15.8. The van der Waals surface area contributed by atoms with Crippen LogP contribution in [-0.2, 0) is 0 Å². The maximum Gasteiger partial charge on any atom is 0.0895 e. The Morgan fingerprint density at radius 3 is 2.22 bits per heavy atom. The molecule has 0 aliphatic rings. The van der Waals surface area contributed by atoms with E-state index in [-0.39, 0.29) is 5.76 Å². The summed E-state index contributed by atoms with van der Waals surface area (Å²) in [5.41, 5.74) is 6.91. The van der Waals surface area contributed by atoms with Gasteiger partial charge in [0.1, 0.15) is 0 Å². The molecule has 1 N–H and O–H groups in total. The standard InChI is InChI=1S/C17H22O/c1-11(2)15-8-7-13(5)17(10-15)16(12(3)4)9-14(6)18/h7-8,10,18H,1,6,9H2,2-5H3. The van der Waals surface area contributed by atoms with Gasteiger partial charge in [-0.25, -0.2) is 0 Å². The van der Waals surface area contributed by atoms with E-state index in [0.717, 1.165) is 16.7 Å². The Morgan fingerprint density at radius 2 is 1.78 bits per heavy atom. The molecule has 0 radical (unpaired) electrons. The molecule has 0 spiro atoms. The van der Waals surface area contributed by atoms with Crippen molar-refractivity contribution in [2.45, 2.75) is 34.1 Å². The van der Waals surface area contributed by atoms with Gasteiger partial charge in [-0.3, -0.25) is 0 Å². The second kappa shape index (κ2) is 5.72. The van der Waals surface area contributed by atoms with E-state index in [4.69, 9.17) is 0 Å². The number of benzene rings is 1. The number of aliphatic hydroxyl groups is 1. The molecule has 1 heteroatoms. The molecule has 0 aliphatic heterocycles. The van der Waals surface area contributed by atoms with Crippen molar-refractivity contribution in [3.05, 3.63) is 59.4 Å². The first-order chi connectivity index (χ1) is 8.32. The summed E-state index contributed by atoms with van der Waals surface area (Å²) in [6.07, 6.45) is 0.503. The first-order valence-electron chi connectivity index (χ1n) is 6.13. The van der Waals surface area contributed by atoms with Crippen LogP contribution in [0.3, 0.4) is 0 Å². The predicted molar refractivity (Wildman–Crippen MR) is 80.5 cm³/mol. The molecular formula is C17H22O. The van der Waals surface area contributed by atoms with Gasteiger partial charge in [-0.05, 0) is 56.0 Å². The first kappa shape index (κ1) is 14.3. The molecule has 0 fully saturated rings. The summed E-state index contributed by atoms with van der Waals surface area (Å²) in [6, 6.07) is 6.32. The van der Waals surface area contributed by atoms with Gasteiger partial charge in [0.2, 0.25) is 0 Å². The lowest BCUT2D eigenvalue weighted by molar-refractivity contribution is 0.406. The average Bonchev–Trinajstić information content (AvgIpc) is 2.26. The van der Waals surface area contributed by atoms with Crippen LogP contribution in [0.25, 0.3) is 11.1 Å². The van der Waals surface area contributed by atoms with Crippen LogP contribution in [0.15, 0.2) is 42.7 Å². The molecule has 96 valence electrons. The lowest BCUT2D eigenvalue weighted by atomic mass is 9.91. The summed E-state index contributed by atoms with van der Waals surface area (Å²) < 4.78 is 0. The second-order valence-electron chi connectivity index (χ2n) is 5.03. The summed E-state index contributed by atoms with van der Waals surface area (Å²) in [4.78, 5) is 0. The highest BCUT2D eigenvalue weighted by molar-refractivity contribution is 5.75. The quantitative estimate of drug-likeness (QED) is 0.712. The van der Waals surface area contributed by atoms with Crippen LogP contribution < -0.4 is 0 Å². The largest absolute Gasteiger partial charge is 0.513 e. The topological polar surface area (TPSA) is 20.2 Å². The number of rotatable bonds is 4. The Bertz CT molecular complexity index is 514. The summed E-state index contributed by atoms with van der Waals surface area (Å²) >= 11 is 0. The number of hydrogen-bond acceptors (Lipinski definition) is 1. The Balaban J connectivity index is 3.37. The van der Waals surface area contributed by atoms with Crippen LogP contribution >= 0.6 is 0 Å². The van der Waals surface area contributed by atoms with Crippen molar-refractivity contribution in [1.29, 1.82) is 0 Å². The number of allylic oxidation sites excluding steroid dienone is 3. The highest BCUT2D eigenvalue weighted by atomic mass is 16.3. The van der Waals surface area contributed by atoms with Gasteiger partial charge in [0.25, 0.3) is 0 Å². The van der Waals surface area contributed by atoms with E-state index in [2.05, 4.69) is 52.1 Å². The van der Waals surface area contributed by atoms with Gasteiger partial charge in [0.05, 0.1) is 5.76 Å². The van der Waals surface area contributed by atoms with Crippen LogP contribution in [-0.4, -0.2) is 5.11 Å². The molecule has 0 unspecified atom stereocenters. The molecule has 1 rings (SSSR count). The molecule has 0 saturated heterocycles. The third kappa shape index (κ3) is 3.36. The van der Waals surface area contributed by atoms with Crippen LogP contribution in [0, 0.1) is 6.92 Å². The van der Waals surface area contributed by atoms with E-state index >= 15 is 0 Å². The average molecular weight is 242 g/mol. The minimum Gasteiger partial charge on any atom is -0.513 e. The van der Waals surface area contributed by atoms with E-state index < -0.39 is 0 Å². The minimum absolute atomic E-state index is 0.200. The molecule has 0 aliphatic carbocycles. The van der Waals surface area contributed by atoms with Gasteiger partial charge in [0, 0.05) is 6.42 Å². The summed E-state index contributed by atoms with van der Waals surface area (Å²) in [7, 11) is 0. The molecule has 1 aromatic carbocycles. The monoisotopic (exact) mass is 242 g/mol. The summed E-state index contributed by atoms with van der Waals surface area (Å²) in [5.74, 6) is 0.200. The number of aliphatic hydroxyl groups excluding tert-OH is 1. The van der Waals surface area contributed by atoms with Crippen molar-refractivity contribution in [3.8, 4) is 0 Å². The Morgan fingerprint density at radius 1 is 1.17 bits per heavy atom. The molecule has 1 aromatic rings. The predicted octanol–water partition coefficient (Wildman–Crippen LogP) is 5.28. The van der Waals surface area contributed by atoms with Gasteiger partial charge >= 0.3 is 0 Å². The zero-order valence-electron chi connectivity index (χ0n) is 11.8.